The van der Waals surface area contributed by atoms with Gasteiger partial charge in [-0.15, -0.1) is 0 Å². The molecule has 1 heterocycles. The fraction of sp³-hybridized carbons (Fsp3) is 0.909. The number of hydrogen-bond donors (Lipinski definition) is 4. The van der Waals surface area contributed by atoms with Gasteiger partial charge in [0.15, 0.2) is 5.60 Å². The van der Waals surface area contributed by atoms with Crippen LogP contribution in [0.5, 0.6) is 0 Å². The highest BCUT2D eigenvalue weighted by atomic mass is 16.5. The van der Waals surface area contributed by atoms with E-state index in [1.54, 1.807) is 6.92 Å². The van der Waals surface area contributed by atoms with E-state index in [-0.39, 0.29) is 25.3 Å². The lowest BCUT2D eigenvalue weighted by molar-refractivity contribution is -0.208. The van der Waals surface area contributed by atoms with Crippen LogP contribution in [0.25, 0.3) is 0 Å². The largest absolute Gasteiger partial charge is 0.479 e. The molecule has 17 heavy (non-hydrogen) atoms. The third-order valence-corrected chi connectivity index (χ3v) is 3.43. The Hall–Kier alpha value is -0.690. The van der Waals surface area contributed by atoms with Crippen molar-refractivity contribution in [1.29, 1.82) is 0 Å². The van der Waals surface area contributed by atoms with Crippen molar-refractivity contribution >= 4 is 5.97 Å². The molecule has 6 nitrogen and oxygen atoms in total. The van der Waals surface area contributed by atoms with E-state index in [1.807, 2.05) is 0 Å². The van der Waals surface area contributed by atoms with Gasteiger partial charge in [0, 0.05) is 25.3 Å². The average Bonchev–Trinajstić information content (AvgIpc) is 2.25. The zero-order valence-corrected chi connectivity index (χ0v) is 10.2. The van der Waals surface area contributed by atoms with Crippen molar-refractivity contribution in [2.45, 2.75) is 50.6 Å². The van der Waals surface area contributed by atoms with Crippen LogP contribution >= 0.6 is 0 Å². The summed E-state index contributed by atoms with van der Waals surface area (Å²) in [5.74, 6) is -1.32. The molecule has 5 N–H and O–H groups in total. The highest BCUT2D eigenvalue weighted by Gasteiger charge is 2.47. The summed E-state index contributed by atoms with van der Waals surface area (Å²) < 4.78 is 5.52. The Bertz CT molecular complexity index is 285. The van der Waals surface area contributed by atoms with E-state index in [4.69, 9.17) is 15.6 Å². The van der Waals surface area contributed by atoms with Crippen LogP contribution in [-0.2, 0) is 9.53 Å². The Morgan fingerprint density at radius 1 is 1.65 bits per heavy atom. The minimum atomic E-state index is -1.40. The first-order valence-electron chi connectivity index (χ1n) is 5.77. The fourth-order valence-corrected chi connectivity index (χ4v) is 2.09. The zero-order valence-electron chi connectivity index (χ0n) is 10.2. The van der Waals surface area contributed by atoms with Crippen LogP contribution in [-0.4, -0.2) is 51.7 Å². The van der Waals surface area contributed by atoms with Crippen LogP contribution in [0, 0.1) is 5.92 Å². The summed E-state index contributed by atoms with van der Waals surface area (Å²) >= 11 is 0. The van der Waals surface area contributed by atoms with E-state index in [0.29, 0.717) is 0 Å². The van der Waals surface area contributed by atoms with Gasteiger partial charge in [0.25, 0.3) is 0 Å². The highest BCUT2D eigenvalue weighted by molar-refractivity contribution is 5.77. The standard InChI is InChI=1S/C11H21NO5/c1-6-8(14)4-11(2,10(15)16)17-9(6)3-7(13)5-12/h6-9,13-14H,3-5,12H2,1-2H3,(H,15,16)/t6?,7-,8-,9?,11-/m0/s1. The van der Waals surface area contributed by atoms with Gasteiger partial charge in [-0.05, 0) is 6.92 Å². The second-order valence-corrected chi connectivity index (χ2v) is 4.95. The highest BCUT2D eigenvalue weighted by Crippen LogP contribution is 2.34. The Morgan fingerprint density at radius 3 is 2.71 bits per heavy atom. The SMILES string of the molecule is CC1C(C[C@H](O)CN)O[C@](C)(C(=O)O)C[C@@H]1O. The molecule has 0 saturated carbocycles. The predicted molar refractivity (Wildman–Crippen MR) is 60.4 cm³/mol. The Kier molecular flexibility index (Phi) is 4.48. The molecule has 1 aliphatic heterocycles. The molecular formula is C11H21NO5. The number of rotatable bonds is 4. The number of aliphatic hydroxyl groups excluding tert-OH is 2. The number of aliphatic hydroxyl groups is 2. The maximum absolute atomic E-state index is 11.1. The lowest BCUT2D eigenvalue weighted by atomic mass is 9.82. The summed E-state index contributed by atoms with van der Waals surface area (Å²) in [5.41, 5.74) is 3.91. The minimum absolute atomic E-state index is 0.0543. The average molecular weight is 247 g/mol. The van der Waals surface area contributed by atoms with E-state index in [0.717, 1.165) is 0 Å². The number of carboxylic acids is 1. The number of nitrogens with two attached hydrogens (primary N) is 1. The number of carboxylic acid groups (broad SMARTS) is 1. The van der Waals surface area contributed by atoms with E-state index in [1.165, 1.54) is 6.92 Å². The van der Waals surface area contributed by atoms with Gasteiger partial charge >= 0.3 is 5.97 Å². The fourth-order valence-electron chi connectivity index (χ4n) is 2.09. The van der Waals surface area contributed by atoms with Gasteiger partial charge in [-0.25, -0.2) is 4.79 Å². The Labute approximate surface area is 100 Å². The molecule has 0 spiro atoms. The van der Waals surface area contributed by atoms with Crippen LogP contribution in [0.3, 0.4) is 0 Å². The first kappa shape index (κ1) is 14.4. The van der Waals surface area contributed by atoms with Crippen LogP contribution < -0.4 is 5.73 Å². The van der Waals surface area contributed by atoms with Crippen molar-refractivity contribution in [3.63, 3.8) is 0 Å². The summed E-state index contributed by atoms with van der Waals surface area (Å²) in [6, 6.07) is 0. The molecule has 100 valence electrons. The monoisotopic (exact) mass is 247 g/mol. The molecule has 1 aliphatic rings. The molecule has 0 aromatic rings. The molecule has 1 rings (SSSR count). The zero-order chi connectivity index (χ0) is 13.2. The summed E-state index contributed by atoms with van der Waals surface area (Å²) in [6.45, 7) is 3.30. The van der Waals surface area contributed by atoms with Crippen LogP contribution in [0.2, 0.25) is 0 Å². The molecule has 5 atom stereocenters. The van der Waals surface area contributed by atoms with Crippen LogP contribution in [0.1, 0.15) is 26.7 Å². The van der Waals surface area contributed by atoms with E-state index < -0.39 is 29.9 Å². The second-order valence-electron chi connectivity index (χ2n) is 4.95. The first-order valence-corrected chi connectivity index (χ1v) is 5.77. The van der Waals surface area contributed by atoms with Gasteiger partial charge < -0.3 is 25.8 Å². The third kappa shape index (κ3) is 3.16. The number of carbonyl (C=O) groups is 1. The van der Waals surface area contributed by atoms with E-state index in [9.17, 15) is 15.0 Å². The van der Waals surface area contributed by atoms with Crippen molar-refractivity contribution in [3.05, 3.63) is 0 Å². The van der Waals surface area contributed by atoms with Crippen molar-refractivity contribution in [2.75, 3.05) is 6.54 Å². The molecular weight excluding hydrogens is 226 g/mol. The van der Waals surface area contributed by atoms with Gasteiger partial charge in [-0.3, -0.25) is 0 Å². The van der Waals surface area contributed by atoms with Crippen molar-refractivity contribution in [1.82, 2.24) is 0 Å². The molecule has 6 heteroatoms. The van der Waals surface area contributed by atoms with Gasteiger partial charge in [-0.2, -0.15) is 0 Å². The van der Waals surface area contributed by atoms with Gasteiger partial charge in [0.1, 0.15) is 0 Å². The summed E-state index contributed by atoms with van der Waals surface area (Å²) in [4.78, 5) is 11.1. The Morgan fingerprint density at radius 2 is 2.24 bits per heavy atom. The molecule has 0 aromatic carbocycles. The van der Waals surface area contributed by atoms with Crippen molar-refractivity contribution in [2.24, 2.45) is 11.7 Å². The molecule has 0 aromatic heterocycles. The maximum Gasteiger partial charge on any atom is 0.335 e. The second kappa shape index (κ2) is 5.30. The third-order valence-electron chi connectivity index (χ3n) is 3.43. The molecule has 1 saturated heterocycles. The number of hydrogen-bond acceptors (Lipinski definition) is 5. The molecule has 1 fully saturated rings. The van der Waals surface area contributed by atoms with Gasteiger partial charge in [0.2, 0.25) is 0 Å². The maximum atomic E-state index is 11.1. The molecule has 0 bridgehead atoms. The predicted octanol–water partition coefficient (Wildman–Crippen LogP) is -0.675. The van der Waals surface area contributed by atoms with Gasteiger partial charge in [0.05, 0.1) is 18.3 Å². The molecule has 0 amide bonds. The molecule has 2 unspecified atom stereocenters. The van der Waals surface area contributed by atoms with E-state index >= 15 is 0 Å². The van der Waals surface area contributed by atoms with Crippen LogP contribution in [0.4, 0.5) is 0 Å². The summed E-state index contributed by atoms with van der Waals surface area (Å²) in [6.07, 6.45) is -1.71. The topological polar surface area (TPSA) is 113 Å². The lowest BCUT2D eigenvalue weighted by Gasteiger charge is -2.42. The van der Waals surface area contributed by atoms with Crippen molar-refractivity contribution in [3.8, 4) is 0 Å². The van der Waals surface area contributed by atoms with Crippen molar-refractivity contribution < 1.29 is 24.9 Å². The lowest BCUT2D eigenvalue weighted by Crippen LogP contribution is -2.54. The first-order chi connectivity index (χ1) is 7.80. The number of aliphatic carboxylic acids is 1. The summed E-state index contributed by atoms with van der Waals surface area (Å²) in [5, 5.41) is 28.4. The normalized spacial score (nSPS) is 39.9. The van der Waals surface area contributed by atoms with E-state index in [2.05, 4.69) is 0 Å². The summed E-state index contributed by atoms with van der Waals surface area (Å²) in [7, 11) is 0. The van der Waals surface area contributed by atoms with Gasteiger partial charge in [-0.1, -0.05) is 6.92 Å². The molecule has 0 radical (unpaired) electrons. The van der Waals surface area contributed by atoms with Crippen LogP contribution in [0.15, 0.2) is 0 Å². The smallest absolute Gasteiger partial charge is 0.335 e. The Balaban J connectivity index is 2.78. The molecule has 0 aliphatic carbocycles. The quantitative estimate of drug-likeness (QED) is 0.524. The minimum Gasteiger partial charge on any atom is -0.479 e. The number of ether oxygens (including phenoxy) is 1.